The lowest BCUT2D eigenvalue weighted by Crippen LogP contribution is -2.13. The molecule has 0 unspecified atom stereocenters. The summed E-state index contributed by atoms with van der Waals surface area (Å²) in [7, 11) is 0. The van der Waals surface area contributed by atoms with Crippen LogP contribution in [0.25, 0.3) is 6.08 Å². The molecule has 0 saturated heterocycles. The van der Waals surface area contributed by atoms with Crippen LogP contribution in [0.2, 0.25) is 10.0 Å². The summed E-state index contributed by atoms with van der Waals surface area (Å²) in [5.74, 6) is -0.173. The molecule has 0 aromatic heterocycles. The van der Waals surface area contributed by atoms with Crippen molar-refractivity contribution in [3.8, 4) is 17.6 Å². The third-order valence-electron chi connectivity index (χ3n) is 5.03. The van der Waals surface area contributed by atoms with E-state index in [1.54, 1.807) is 43.3 Å². The highest BCUT2D eigenvalue weighted by atomic mass is 79.9. The molecule has 0 aliphatic carbocycles. The fourth-order valence-corrected chi connectivity index (χ4v) is 4.17. The normalized spacial score (nSPS) is 10.9. The Bertz CT molecular complexity index is 1400. The smallest absolute Gasteiger partial charge is 0.338 e. The Kier molecular flexibility index (Phi) is 10.6. The minimum atomic E-state index is -0.606. The number of nitrogens with zero attached hydrogens (tertiary/aromatic N) is 1. The predicted octanol–water partition coefficient (Wildman–Crippen LogP) is 7.46. The summed E-state index contributed by atoms with van der Waals surface area (Å²) in [6.07, 6.45) is 1.44. The van der Waals surface area contributed by atoms with Crippen molar-refractivity contribution in [3.63, 3.8) is 0 Å². The van der Waals surface area contributed by atoms with E-state index >= 15 is 0 Å². The molecule has 0 aliphatic heterocycles. The second-order valence-electron chi connectivity index (χ2n) is 7.72. The summed E-state index contributed by atoms with van der Waals surface area (Å²) in [6.45, 7) is 4.40. The molecule has 3 aromatic rings. The number of anilines is 1. The highest BCUT2D eigenvalue weighted by molar-refractivity contribution is 9.10. The number of amides is 1. The zero-order chi connectivity index (χ0) is 27.7. The topological polar surface area (TPSA) is 97.7 Å². The lowest BCUT2D eigenvalue weighted by molar-refractivity contribution is -0.112. The monoisotopic (exact) mass is 616 g/mol. The Morgan fingerprint density at radius 2 is 1.74 bits per heavy atom. The van der Waals surface area contributed by atoms with Gasteiger partial charge in [0, 0.05) is 5.69 Å². The molecule has 0 bridgehead atoms. The maximum Gasteiger partial charge on any atom is 0.338 e. The number of rotatable bonds is 10. The first-order valence-electron chi connectivity index (χ1n) is 11.5. The average Bonchev–Trinajstić information content (AvgIpc) is 2.89. The quantitative estimate of drug-likeness (QED) is 0.144. The van der Waals surface area contributed by atoms with Gasteiger partial charge >= 0.3 is 5.97 Å². The Labute approximate surface area is 239 Å². The zero-order valence-electron chi connectivity index (χ0n) is 20.5. The van der Waals surface area contributed by atoms with Crippen LogP contribution in [0.4, 0.5) is 5.69 Å². The van der Waals surface area contributed by atoms with Gasteiger partial charge in [-0.15, -0.1) is 0 Å². The van der Waals surface area contributed by atoms with Gasteiger partial charge in [-0.1, -0.05) is 29.3 Å². The number of hydrogen-bond donors (Lipinski definition) is 1. The summed E-state index contributed by atoms with van der Waals surface area (Å²) in [4.78, 5) is 24.6. The van der Waals surface area contributed by atoms with Crippen molar-refractivity contribution in [2.45, 2.75) is 20.5 Å². The lowest BCUT2D eigenvalue weighted by atomic mass is 10.1. The minimum absolute atomic E-state index is 0.127. The number of benzene rings is 3. The Morgan fingerprint density at radius 1 is 1.00 bits per heavy atom. The molecular weight excluding hydrogens is 595 g/mol. The van der Waals surface area contributed by atoms with E-state index in [4.69, 9.17) is 37.4 Å². The van der Waals surface area contributed by atoms with Crippen molar-refractivity contribution < 1.29 is 23.8 Å². The standard InChI is InChI=1S/C28H23BrCl2N2O5/c1-3-36-25-14-18(12-22(29)26(25)38-16-17-5-10-23(30)24(31)13-17)11-20(15-32)27(34)33-21-8-6-19(7-9-21)28(35)37-4-2/h5-14H,3-4,16H2,1-2H3,(H,33,34)/b20-11+. The highest BCUT2D eigenvalue weighted by Gasteiger charge is 2.15. The molecule has 10 heteroatoms. The molecule has 38 heavy (non-hydrogen) atoms. The largest absolute Gasteiger partial charge is 0.490 e. The number of carbonyl (C=O) groups excluding carboxylic acids is 2. The number of nitriles is 1. The molecule has 1 amide bonds. The number of ether oxygens (including phenoxy) is 3. The number of hydrogen-bond acceptors (Lipinski definition) is 6. The SMILES string of the molecule is CCOC(=O)c1ccc(NC(=O)/C(C#N)=C/c2cc(Br)c(OCc3ccc(Cl)c(Cl)c3)c(OCC)c2)cc1. The van der Waals surface area contributed by atoms with E-state index in [1.165, 1.54) is 18.2 Å². The Hall–Kier alpha value is -3.51. The van der Waals surface area contributed by atoms with Crippen LogP contribution in [0.3, 0.4) is 0 Å². The zero-order valence-corrected chi connectivity index (χ0v) is 23.6. The molecule has 0 saturated carbocycles. The van der Waals surface area contributed by atoms with Gasteiger partial charge in [0.1, 0.15) is 18.2 Å². The molecule has 0 heterocycles. The molecular formula is C28H23BrCl2N2O5. The molecule has 3 aromatic carbocycles. The molecule has 1 N–H and O–H groups in total. The van der Waals surface area contributed by atoms with Crippen LogP contribution in [0.15, 0.2) is 64.6 Å². The first kappa shape index (κ1) is 29.1. The van der Waals surface area contributed by atoms with E-state index in [-0.39, 0.29) is 18.8 Å². The van der Waals surface area contributed by atoms with E-state index in [1.807, 2.05) is 19.1 Å². The molecule has 0 spiro atoms. The average molecular weight is 618 g/mol. The maximum atomic E-state index is 12.8. The van der Waals surface area contributed by atoms with Gasteiger partial charge in [-0.05, 0) is 95.5 Å². The van der Waals surface area contributed by atoms with E-state index in [2.05, 4.69) is 21.2 Å². The Morgan fingerprint density at radius 3 is 2.37 bits per heavy atom. The van der Waals surface area contributed by atoms with E-state index < -0.39 is 11.9 Å². The van der Waals surface area contributed by atoms with Crippen LogP contribution in [-0.4, -0.2) is 25.1 Å². The third-order valence-corrected chi connectivity index (χ3v) is 6.36. The first-order chi connectivity index (χ1) is 18.2. The van der Waals surface area contributed by atoms with Crippen LogP contribution >= 0.6 is 39.1 Å². The van der Waals surface area contributed by atoms with Crippen molar-refractivity contribution in [1.82, 2.24) is 0 Å². The number of halogens is 3. The van der Waals surface area contributed by atoms with Crippen LogP contribution in [0.1, 0.15) is 35.3 Å². The highest BCUT2D eigenvalue weighted by Crippen LogP contribution is 2.38. The summed E-state index contributed by atoms with van der Waals surface area (Å²) < 4.78 is 17.3. The van der Waals surface area contributed by atoms with Crippen molar-refractivity contribution >= 4 is 62.8 Å². The lowest BCUT2D eigenvalue weighted by Gasteiger charge is -2.15. The molecule has 196 valence electrons. The first-order valence-corrected chi connectivity index (χ1v) is 13.0. The summed E-state index contributed by atoms with van der Waals surface area (Å²) in [6, 6.07) is 16.7. The number of esters is 1. The van der Waals surface area contributed by atoms with Gasteiger partial charge in [0.2, 0.25) is 0 Å². The van der Waals surface area contributed by atoms with Gasteiger partial charge in [-0.3, -0.25) is 4.79 Å². The van der Waals surface area contributed by atoms with Crippen LogP contribution in [0, 0.1) is 11.3 Å². The molecule has 0 aliphatic rings. The van der Waals surface area contributed by atoms with Crippen LogP contribution < -0.4 is 14.8 Å². The molecule has 0 radical (unpaired) electrons. The van der Waals surface area contributed by atoms with E-state index in [0.717, 1.165) is 5.56 Å². The molecule has 0 atom stereocenters. The van der Waals surface area contributed by atoms with E-state index in [0.29, 0.717) is 49.4 Å². The van der Waals surface area contributed by atoms with Gasteiger partial charge in [0.15, 0.2) is 11.5 Å². The van der Waals surface area contributed by atoms with Gasteiger partial charge < -0.3 is 19.5 Å². The van der Waals surface area contributed by atoms with E-state index in [9.17, 15) is 14.9 Å². The van der Waals surface area contributed by atoms with Crippen molar-refractivity contribution in [2.75, 3.05) is 18.5 Å². The van der Waals surface area contributed by atoms with Gasteiger partial charge in [-0.25, -0.2) is 4.79 Å². The minimum Gasteiger partial charge on any atom is -0.490 e. The fraction of sp³-hybridized carbons (Fsp3) is 0.179. The Balaban J connectivity index is 1.79. The maximum absolute atomic E-state index is 12.8. The third kappa shape index (κ3) is 7.75. The van der Waals surface area contributed by atoms with Gasteiger partial charge in [0.25, 0.3) is 5.91 Å². The second-order valence-corrected chi connectivity index (χ2v) is 9.39. The summed E-state index contributed by atoms with van der Waals surface area (Å²) in [5.41, 5.74) is 2.02. The predicted molar refractivity (Wildman–Crippen MR) is 151 cm³/mol. The fourth-order valence-electron chi connectivity index (χ4n) is 3.28. The molecule has 3 rings (SSSR count). The van der Waals surface area contributed by atoms with Crippen LogP contribution in [-0.2, 0) is 16.1 Å². The summed E-state index contributed by atoms with van der Waals surface area (Å²) >= 11 is 15.6. The molecule has 0 fully saturated rings. The van der Waals surface area contributed by atoms with Crippen molar-refractivity contribution in [3.05, 3.63) is 91.4 Å². The van der Waals surface area contributed by atoms with Crippen LogP contribution in [0.5, 0.6) is 11.5 Å². The number of carbonyl (C=O) groups is 2. The second kappa shape index (κ2) is 13.9. The van der Waals surface area contributed by atoms with Gasteiger partial charge in [-0.2, -0.15) is 5.26 Å². The summed E-state index contributed by atoms with van der Waals surface area (Å²) in [5, 5.41) is 13.2. The van der Waals surface area contributed by atoms with Gasteiger partial charge in [0.05, 0.1) is 33.3 Å². The number of nitrogens with one attached hydrogen (secondary N) is 1. The molecule has 7 nitrogen and oxygen atoms in total. The van der Waals surface area contributed by atoms with Crippen molar-refractivity contribution in [2.24, 2.45) is 0 Å². The van der Waals surface area contributed by atoms with Crippen molar-refractivity contribution in [1.29, 1.82) is 5.26 Å².